The zero-order valence-electron chi connectivity index (χ0n) is 20.7. The molecule has 2 atom stereocenters. The van der Waals surface area contributed by atoms with Crippen molar-refractivity contribution in [1.82, 2.24) is 16.0 Å². The van der Waals surface area contributed by atoms with Gasteiger partial charge in [-0.05, 0) is 59.2 Å². The van der Waals surface area contributed by atoms with Crippen molar-refractivity contribution in [1.29, 1.82) is 0 Å². The van der Waals surface area contributed by atoms with Crippen molar-refractivity contribution in [2.24, 2.45) is 5.73 Å². The summed E-state index contributed by atoms with van der Waals surface area (Å²) in [6, 6.07) is 8.53. The van der Waals surface area contributed by atoms with Crippen LogP contribution < -0.4 is 21.7 Å². The molecule has 4 amide bonds. The lowest BCUT2D eigenvalue weighted by Gasteiger charge is -2.22. The van der Waals surface area contributed by atoms with E-state index in [1.165, 1.54) is 0 Å². The minimum absolute atomic E-state index is 0.0899. The van der Waals surface area contributed by atoms with E-state index < -0.39 is 48.6 Å². The van der Waals surface area contributed by atoms with Crippen LogP contribution in [0.1, 0.15) is 41.3 Å². The van der Waals surface area contributed by atoms with Gasteiger partial charge in [0.1, 0.15) is 12.1 Å². The topological polar surface area (TPSA) is 188 Å². The van der Waals surface area contributed by atoms with Gasteiger partial charge in [-0.15, -0.1) is 0 Å². The number of hydrogen-bond acceptors (Lipinski definition) is 5. The van der Waals surface area contributed by atoms with Crippen LogP contribution in [0.2, 0.25) is 0 Å². The van der Waals surface area contributed by atoms with E-state index in [0.717, 1.165) is 34.8 Å². The number of halogens is 3. The smallest absolute Gasteiger partial charge is 0.368 e. The number of rotatable bonds is 13. The molecule has 15 heteroatoms. The second-order valence-corrected chi connectivity index (χ2v) is 11.5. The Hall–Kier alpha value is -2.94. The lowest BCUT2D eigenvalue weighted by atomic mass is 10.0. The highest BCUT2D eigenvalue weighted by atomic mass is 127. The van der Waals surface area contributed by atoms with E-state index in [1.54, 1.807) is 18.2 Å². The zero-order chi connectivity index (χ0) is 29.4. The molecule has 0 spiro atoms. The molecule has 11 nitrogen and oxygen atoms in total. The number of hydrogen-bond donors (Lipinski definition) is 6. The molecule has 7 N–H and O–H groups in total. The van der Waals surface area contributed by atoms with Gasteiger partial charge in [0.05, 0.1) is 0 Å². The van der Waals surface area contributed by atoms with Gasteiger partial charge in [-0.3, -0.25) is 23.7 Å². The van der Waals surface area contributed by atoms with Gasteiger partial charge < -0.3 is 31.5 Å². The van der Waals surface area contributed by atoms with Crippen LogP contribution in [0.25, 0.3) is 0 Å². The Labute approximate surface area is 236 Å². The van der Waals surface area contributed by atoms with Crippen LogP contribution >= 0.6 is 30.2 Å². The molecular weight excluding hydrogens is 652 g/mol. The lowest BCUT2D eigenvalue weighted by Crippen LogP contribution is -2.53. The van der Waals surface area contributed by atoms with Gasteiger partial charge in [0.15, 0.2) is 0 Å². The second kappa shape index (κ2) is 13.9. The Bertz CT molecular complexity index is 1260. The Morgan fingerprint density at radius 1 is 1.05 bits per heavy atom. The predicted molar refractivity (Wildman–Crippen MR) is 146 cm³/mol. The van der Waals surface area contributed by atoms with Gasteiger partial charge >= 0.3 is 13.3 Å². The molecule has 0 saturated heterocycles. The molecule has 0 aliphatic heterocycles. The summed E-state index contributed by atoms with van der Waals surface area (Å²) in [4.78, 5) is 66.5. The fraction of sp³-hybridized carbons (Fsp3) is 0.333. The minimum Gasteiger partial charge on any atom is -0.368 e. The van der Waals surface area contributed by atoms with E-state index in [1.807, 2.05) is 6.07 Å². The van der Waals surface area contributed by atoms with E-state index in [0.29, 0.717) is 17.5 Å². The van der Waals surface area contributed by atoms with Crippen LogP contribution in [0.5, 0.6) is 0 Å². The highest BCUT2D eigenvalue weighted by Gasteiger charge is 2.50. The summed E-state index contributed by atoms with van der Waals surface area (Å²) in [6.45, 7) is 1.36. The Kier molecular flexibility index (Phi) is 11.5. The molecule has 0 aromatic heterocycles. The fourth-order valence-corrected chi connectivity index (χ4v) is 4.53. The number of carbonyl (C=O) groups excluding carboxylic acids is 4. The second-order valence-electron chi connectivity index (χ2n) is 8.61. The summed E-state index contributed by atoms with van der Waals surface area (Å²) < 4.78 is 39.8. The van der Waals surface area contributed by atoms with Gasteiger partial charge in [-0.25, -0.2) is 0 Å². The first-order valence-electron chi connectivity index (χ1n) is 11.5. The summed E-state index contributed by atoms with van der Waals surface area (Å²) in [5.74, 6) is -2.48. The summed E-state index contributed by atoms with van der Waals surface area (Å²) >= 11 is 2.08. The van der Waals surface area contributed by atoms with Crippen molar-refractivity contribution < 1.29 is 42.3 Å². The van der Waals surface area contributed by atoms with E-state index in [4.69, 9.17) is 15.5 Å². The van der Waals surface area contributed by atoms with Crippen LogP contribution in [0.4, 0.5) is 8.78 Å². The predicted octanol–water partition coefficient (Wildman–Crippen LogP) is 1.75. The van der Waals surface area contributed by atoms with Crippen molar-refractivity contribution >= 4 is 53.8 Å². The maximum Gasteiger partial charge on any atom is 0.399 e. The van der Waals surface area contributed by atoms with E-state index in [-0.39, 0.29) is 25.3 Å². The standard InChI is InChI=1S/C24H28F2IN4O7P/c1-14(32)30-20(12-15-7-9-17(10-8-15)24(25,26)39(36,37)38)23(35)31-19(21(28)33)6-3-11-29-22(34)16-4-2-5-18(27)13-16/h2,4-5,7-10,13,19-20H,3,6,11-12H2,1H3,(H2,28,33)(H,29,34)(H,30,32)(H,31,35)(H2,36,37,38). The first-order chi connectivity index (χ1) is 18.1. The minimum atomic E-state index is -5.75. The van der Waals surface area contributed by atoms with Crippen LogP contribution in [-0.2, 0) is 31.0 Å². The summed E-state index contributed by atoms with van der Waals surface area (Å²) in [5.41, 5.74) is 0.873. The third kappa shape index (κ3) is 9.64. The molecular formula is C24H28F2IN4O7P. The number of primary amides is 1. The zero-order valence-corrected chi connectivity index (χ0v) is 23.7. The summed E-state index contributed by atoms with van der Waals surface area (Å²) in [5, 5.41) is 7.59. The van der Waals surface area contributed by atoms with E-state index in [9.17, 15) is 32.5 Å². The third-order valence-electron chi connectivity index (χ3n) is 5.50. The average Bonchev–Trinajstić information content (AvgIpc) is 2.84. The quantitative estimate of drug-likeness (QED) is 0.106. The Morgan fingerprint density at radius 2 is 1.69 bits per heavy atom. The molecule has 2 unspecified atom stereocenters. The van der Waals surface area contributed by atoms with E-state index >= 15 is 0 Å². The molecule has 0 aliphatic rings. The molecule has 0 radical (unpaired) electrons. The van der Waals surface area contributed by atoms with Gasteiger partial charge in [0, 0.05) is 34.6 Å². The molecule has 0 fully saturated rings. The Morgan fingerprint density at radius 3 is 2.23 bits per heavy atom. The van der Waals surface area contributed by atoms with Crippen molar-refractivity contribution in [2.45, 2.75) is 43.9 Å². The largest absolute Gasteiger partial charge is 0.399 e. The Balaban J connectivity index is 2.01. The average molecular weight is 680 g/mol. The molecule has 212 valence electrons. The maximum absolute atomic E-state index is 13.9. The van der Waals surface area contributed by atoms with Crippen molar-refractivity contribution in [3.05, 3.63) is 68.8 Å². The van der Waals surface area contributed by atoms with Crippen molar-refractivity contribution in [2.75, 3.05) is 6.54 Å². The maximum atomic E-state index is 13.9. The number of benzene rings is 2. The first kappa shape index (κ1) is 32.3. The normalized spacial score (nSPS) is 13.2. The van der Waals surface area contributed by atoms with Gasteiger partial charge in [-0.2, -0.15) is 8.78 Å². The number of carbonyl (C=O) groups is 4. The third-order valence-corrected chi connectivity index (χ3v) is 7.16. The van der Waals surface area contributed by atoms with Crippen molar-refractivity contribution in [3.8, 4) is 0 Å². The molecule has 2 aromatic rings. The summed E-state index contributed by atoms with van der Waals surface area (Å²) in [7, 11) is -5.75. The molecule has 0 aliphatic carbocycles. The van der Waals surface area contributed by atoms with Crippen molar-refractivity contribution in [3.63, 3.8) is 0 Å². The lowest BCUT2D eigenvalue weighted by molar-refractivity contribution is -0.130. The van der Waals surface area contributed by atoms with Crippen LogP contribution in [-0.4, -0.2) is 52.0 Å². The SMILES string of the molecule is CC(=O)NC(Cc1ccc(C(F)(F)P(=O)(O)O)cc1)C(=O)NC(CCCNC(=O)c1cccc(I)c1)C(N)=O. The highest BCUT2D eigenvalue weighted by Crippen LogP contribution is 2.59. The van der Waals surface area contributed by atoms with E-state index in [2.05, 4.69) is 38.5 Å². The molecule has 2 aromatic carbocycles. The van der Waals surface area contributed by atoms with Gasteiger partial charge in [-0.1, -0.05) is 30.3 Å². The fourth-order valence-electron chi connectivity index (χ4n) is 3.50. The summed E-state index contributed by atoms with van der Waals surface area (Å²) in [6.07, 6.45) is 0.209. The number of amides is 4. The molecule has 0 bridgehead atoms. The molecule has 0 saturated carbocycles. The van der Waals surface area contributed by atoms with Crippen LogP contribution in [0, 0.1) is 3.57 Å². The number of nitrogens with one attached hydrogen (secondary N) is 3. The molecule has 2 rings (SSSR count). The first-order valence-corrected chi connectivity index (χ1v) is 14.2. The molecule has 0 heterocycles. The molecule has 39 heavy (non-hydrogen) atoms. The highest BCUT2D eigenvalue weighted by molar-refractivity contribution is 14.1. The van der Waals surface area contributed by atoms with Gasteiger partial charge in [0.25, 0.3) is 5.91 Å². The number of alkyl halides is 2. The van der Waals surface area contributed by atoms with Gasteiger partial charge in [0.2, 0.25) is 17.7 Å². The van der Waals surface area contributed by atoms with Crippen LogP contribution in [0.15, 0.2) is 48.5 Å². The van der Waals surface area contributed by atoms with Crippen LogP contribution in [0.3, 0.4) is 0 Å². The number of nitrogens with two attached hydrogens (primary N) is 1. The monoisotopic (exact) mass is 680 g/mol.